The van der Waals surface area contributed by atoms with Gasteiger partial charge in [-0.3, -0.25) is 0 Å². The van der Waals surface area contributed by atoms with E-state index in [4.69, 9.17) is 10.5 Å². The van der Waals surface area contributed by atoms with Gasteiger partial charge in [0.15, 0.2) is 5.60 Å². The Hall–Kier alpha value is -2.17. The molecule has 0 aliphatic rings. The lowest BCUT2D eigenvalue weighted by Crippen LogP contribution is -2.43. The predicted octanol–water partition coefficient (Wildman–Crippen LogP) is 2.93. The average molecular weight is 327 g/mol. The first kappa shape index (κ1) is 18.2. The summed E-state index contributed by atoms with van der Waals surface area (Å²) in [5.74, 6) is -0.625. The highest BCUT2D eigenvalue weighted by atomic mass is 16.5. The number of benzene rings is 2. The number of carbonyl (C=O) groups excluding carboxylic acids is 1. The van der Waals surface area contributed by atoms with Crippen molar-refractivity contribution in [1.29, 1.82) is 0 Å². The summed E-state index contributed by atoms with van der Waals surface area (Å²) in [5, 5.41) is 10.2. The fraction of sp³-hybridized carbons (Fsp3) is 0.350. The van der Waals surface area contributed by atoms with Gasteiger partial charge in [0.05, 0.1) is 6.61 Å². The van der Waals surface area contributed by atoms with E-state index in [1.54, 1.807) is 6.92 Å². The van der Waals surface area contributed by atoms with Gasteiger partial charge < -0.3 is 15.6 Å². The molecule has 0 amide bonds. The van der Waals surface area contributed by atoms with Crippen LogP contribution in [-0.2, 0) is 16.0 Å². The van der Waals surface area contributed by atoms with Crippen molar-refractivity contribution in [3.05, 3.63) is 60.2 Å². The summed E-state index contributed by atoms with van der Waals surface area (Å²) in [5.41, 5.74) is 7.93. The quantitative estimate of drug-likeness (QED) is 0.767. The number of hydrogen-bond acceptors (Lipinski definition) is 4. The third-order valence-electron chi connectivity index (χ3n) is 3.93. The van der Waals surface area contributed by atoms with E-state index in [1.165, 1.54) is 12.5 Å². The molecule has 2 rings (SSSR count). The van der Waals surface area contributed by atoms with E-state index in [2.05, 4.69) is 24.3 Å². The number of aliphatic hydroxyl groups is 1. The molecular formula is C20H25NO3. The Balaban J connectivity index is 1.97. The molecule has 4 nitrogen and oxygen atoms in total. The smallest absolute Gasteiger partial charge is 0.337 e. The van der Waals surface area contributed by atoms with Gasteiger partial charge in [0.2, 0.25) is 0 Å². The van der Waals surface area contributed by atoms with Crippen LogP contribution in [0.1, 0.15) is 25.8 Å². The van der Waals surface area contributed by atoms with Gasteiger partial charge in [0.25, 0.3) is 0 Å². The van der Waals surface area contributed by atoms with Gasteiger partial charge >= 0.3 is 5.97 Å². The number of rotatable bonds is 7. The summed E-state index contributed by atoms with van der Waals surface area (Å²) in [6, 6.07) is 18.0. The number of nitrogens with two attached hydrogens (primary N) is 1. The number of esters is 1. The zero-order valence-corrected chi connectivity index (χ0v) is 14.2. The van der Waals surface area contributed by atoms with Crippen molar-refractivity contribution in [3.8, 4) is 11.1 Å². The Morgan fingerprint density at radius 3 is 2.29 bits per heavy atom. The fourth-order valence-electron chi connectivity index (χ4n) is 2.72. The Bertz CT molecular complexity index is 650. The molecule has 128 valence electrons. The Kier molecular flexibility index (Phi) is 6.12. The maximum atomic E-state index is 11.7. The second kappa shape index (κ2) is 8.08. The van der Waals surface area contributed by atoms with E-state index in [0.717, 1.165) is 11.1 Å². The lowest BCUT2D eigenvalue weighted by Gasteiger charge is -2.24. The van der Waals surface area contributed by atoms with Gasteiger partial charge in [-0.25, -0.2) is 4.79 Å². The molecule has 0 aliphatic carbocycles. The fourth-order valence-corrected chi connectivity index (χ4v) is 2.72. The molecule has 0 radical (unpaired) electrons. The van der Waals surface area contributed by atoms with Crippen molar-refractivity contribution >= 4 is 5.97 Å². The van der Waals surface area contributed by atoms with Crippen LogP contribution in [0.4, 0.5) is 0 Å². The summed E-state index contributed by atoms with van der Waals surface area (Å²) >= 11 is 0. The zero-order valence-electron chi connectivity index (χ0n) is 14.2. The molecule has 1 unspecified atom stereocenters. The number of carbonyl (C=O) groups is 1. The third kappa shape index (κ3) is 4.91. The second-order valence-corrected chi connectivity index (χ2v) is 6.23. The van der Waals surface area contributed by atoms with Crippen LogP contribution in [0.2, 0.25) is 0 Å². The van der Waals surface area contributed by atoms with Crippen LogP contribution in [0.15, 0.2) is 54.6 Å². The monoisotopic (exact) mass is 327 g/mol. The number of ether oxygens (including phenoxy) is 1. The molecule has 0 aliphatic heterocycles. The molecule has 24 heavy (non-hydrogen) atoms. The summed E-state index contributed by atoms with van der Waals surface area (Å²) in [7, 11) is 0. The van der Waals surface area contributed by atoms with Crippen molar-refractivity contribution in [2.75, 3.05) is 6.61 Å². The summed E-state index contributed by atoms with van der Waals surface area (Å²) < 4.78 is 4.88. The van der Waals surface area contributed by atoms with Crippen molar-refractivity contribution in [1.82, 2.24) is 0 Å². The normalized spacial score (nSPS) is 14.7. The largest absolute Gasteiger partial charge is 0.464 e. The van der Waals surface area contributed by atoms with E-state index >= 15 is 0 Å². The van der Waals surface area contributed by atoms with Crippen LogP contribution in [0.25, 0.3) is 11.1 Å². The third-order valence-corrected chi connectivity index (χ3v) is 3.93. The van der Waals surface area contributed by atoms with Crippen molar-refractivity contribution in [2.45, 2.75) is 38.3 Å². The molecule has 2 aromatic carbocycles. The van der Waals surface area contributed by atoms with Gasteiger partial charge in [0.1, 0.15) is 0 Å². The van der Waals surface area contributed by atoms with Crippen LogP contribution in [0, 0.1) is 0 Å². The molecule has 0 heterocycles. The molecule has 0 aromatic heterocycles. The maximum absolute atomic E-state index is 11.7. The molecule has 4 heteroatoms. The van der Waals surface area contributed by atoms with Gasteiger partial charge in [-0.05, 0) is 37.0 Å². The van der Waals surface area contributed by atoms with E-state index in [1.807, 2.05) is 30.3 Å². The minimum Gasteiger partial charge on any atom is -0.464 e. The van der Waals surface area contributed by atoms with Gasteiger partial charge in [-0.2, -0.15) is 0 Å². The van der Waals surface area contributed by atoms with Gasteiger partial charge in [-0.1, -0.05) is 54.6 Å². The molecule has 0 bridgehead atoms. The van der Waals surface area contributed by atoms with Crippen LogP contribution < -0.4 is 5.73 Å². The molecule has 2 atom stereocenters. The summed E-state index contributed by atoms with van der Waals surface area (Å²) in [6.07, 6.45) is 0.747. The summed E-state index contributed by atoms with van der Waals surface area (Å²) in [4.78, 5) is 11.7. The van der Waals surface area contributed by atoms with Crippen LogP contribution in [-0.4, -0.2) is 29.3 Å². The summed E-state index contributed by atoms with van der Waals surface area (Å²) in [6.45, 7) is 3.40. The molecule has 0 saturated heterocycles. The highest BCUT2D eigenvalue weighted by molar-refractivity contribution is 5.78. The van der Waals surface area contributed by atoms with Crippen molar-refractivity contribution < 1.29 is 14.6 Å². The van der Waals surface area contributed by atoms with Gasteiger partial charge in [0, 0.05) is 12.5 Å². The molecule has 0 saturated carbocycles. The van der Waals surface area contributed by atoms with Gasteiger partial charge in [-0.15, -0.1) is 0 Å². The highest BCUT2D eigenvalue weighted by Crippen LogP contribution is 2.21. The van der Waals surface area contributed by atoms with E-state index in [-0.39, 0.29) is 19.1 Å². The van der Waals surface area contributed by atoms with E-state index < -0.39 is 11.6 Å². The first-order valence-electron chi connectivity index (χ1n) is 8.22. The first-order chi connectivity index (χ1) is 11.4. The second-order valence-electron chi connectivity index (χ2n) is 6.23. The zero-order chi connectivity index (χ0) is 17.6. The molecule has 0 spiro atoms. The van der Waals surface area contributed by atoms with E-state index in [9.17, 15) is 9.90 Å². The van der Waals surface area contributed by atoms with Crippen LogP contribution in [0.5, 0.6) is 0 Å². The SMILES string of the molecule is CCOC(=O)C(C)(O)C[C@H](N)Cc1ccc(-c2ccccc2)cc1. The van der Waals surface area contributed by atoms with E-state index in [0.29, 0.717) is 6.42 Å². The lowest BCUT2D eigenvalue weighted by atomic mass is 9.93. The lowest BCUT2D eigenvalue weighted by molar-refractivity contribution is -0.164. The molecule has 3 N–H and O–H groups in total. The minimum absolute atomic E-state index is 0.159. The number of hydrogen-bond donors (Lipinski definition) is 2. The van der Waals surface area contributed by atoms with Crippen molar-refractivity contribution in [2.24, 2.45) is 5.73 Å². The Labute approximate surface area is 143 Å². The standard InChI is InChI=1S/C20H25NO3/c1-3-24-19(22)20(2,23)14-18(21)13-15-9-11-17(12-10-15)16-7-5-4-6-8-16/h4-12,18,23H,3,13-14,21H2,1-2H3/t18-,20?/m1/s1. The predicted molar refractivity (Wildman–Crippen MR) is 95.4 cm³/mol. The average Bonchev–Trinajstić information content (AvgIpc) is 2.56. The maximum Gasteiger partial charge on any atom is 0.337 e. The molecule has 0 fully saturated rings. The Morgan fingerprint density at radius 1 is 1.12 bits per heavy atom. The molecular weight excluding hydrogens is 302 g/mol. The van der Waals surface area contributed by atoms with Crippen molar-refractivity contribution in [3.63, 3.8) is 0 Å². The topological polar surface area (TPSA) is 72.5 Å². The van der Waals surface area contributed by atoms with Crippen LogP contribution in [0.3, 0.4) is 0 Å². The van der Waals surface area contributed by atoms with Crippen LogP contribution >= 0.6 is 0 Å². The Morgan fingerprint density at radius 2 is 1.71 bits per heavy atom. The molecule has 2 aromatic rings. The minimum atomic E-state index is -1.56. The first-order valence-corrected chi connectivity index (χ1v) is 8.22. The highest BCUT2D eigenvalue weighted by Gasteiger charge is 2.33.